The molecule has 0 radical (unpaired) electrons. The number of hydrogen-bond acceptors (Lipinski definition) is 9. The maximum absolute atomic E-state index is 13.0. The molecule has 1 aromatic rings. The summed E-state index contributed by atoms with van der Waals surface area (Å²) in [6.07, 6.45) is -0.771. The molecule has 0 saturated heterocycles. The van der Waals surface area contributed by atoms with Gasteiger partial charge in [0.1, 0.15) is 23.9 Å². The summed E-state index contributed by atoms with van der Waals surface area (Å²) in [6, 6.07) is 0.749. The molecule has 1 rings (SSSR count). The minimum atomic E-state index is -1.56. The van der Waals surface area contributed by atoms with Crippen molar-refractivity contribution in [3.05, 3.63) is 29.8 Å². The number of aliphatic carboxylic acids is 1. The summed E-state index contributed by atoms with van der Waals surface area (Å²) in [4.78, 5) is 61.3. The Morgan fingerprint density at radius 2 is 1.50 bits per heavy atom. The zero-order chi connectivity index (χ0) is 28.8. The maximum Gasteiger partial charge on any atom is 0.326 e. The number of aromatic hydroxyl groups is 1. The van der Waals surface area contributed by atoms with Gasteiger partial charge in [-0.25, -0.2) is 4.79 Å². The Kier molecular flexibility index (Phi) is 13.7. The molecule has 0 aliphatic heterocycles. The fourth-order valence-corrected chi connectivity index (χ4v) is 3.48. The number of unbranched alkanes of at least 4 members (excludes halogenated alkanes) is 1. The fraction of sp³-hybridized carbons (Fsp3) is 0.542. The number of hydrogen-bond donors (Lipinski definition) is 9. The van der Waals surface area contributed by atoms with E-state index in [4.69, 9.17) is 17.2 Å². The van der Waals surface area contributed by atoms with Gasteiger partial charge in [-0.2, -0.15) is 0 Å². The summed E-state index contributed by atoms with van der Waals surface area (Å²) in [7, 11) is 0. The smallest absolute Gasteiger partial charge is 0.326 e. The first-order valence-corrected chi connectivity index (χ1v) is 12.2. The lowest BCUT2D eigenvalue weighted by molar-refractivity contribution is -0.143. The van der Waals surface area contributed by atoms with E-state index in [2.05, 4.69) is 16.0 Å². The van der Waals surface area contributed by atoms with Crippen molar-refractivity contribution in [2.45, 2.75) is 75.7 Å². The zero-order valence-electron chi connectivity index (χ0n) is 21.3. The molecule has 12 N–H and O–H groups in total. The molecule has 212 valence electrons. The number of rotatable bonds is 17. The van der Waals surface area contributed by atoms with Crippen LogP contribution in [0.4, 0.5) is 0 Å². The van der Waals surface area contributed by atoms with Crippen LogP contribution in [-0.4, -0.2) is 81.7 Å². The quantitative estimate of drug-likeness (QED) is 0.0947. The van der Waals surface area contributed by atoms with Gasteiger partial charge in [0.05, 0.1) is 12.1 Å². The third kappa shape index (κ3) is 11.5. The van der Waals surface area contributed by atoms with Crippen LogP contribution < -0.4 is 33.2 Å². The SMILES string of the molecule is CC(O)C(NC(=O)C(CCC(N)=O)NC(=O)C(N)Cc1ccc(O)cc1)C(=O)NC(CCCCN)C(=O)O. The number of carbonyl (C=O) groups excluding carboxylic acids is 4. The van der Waals surface area contributed by atoms with Gasteiger partial charge in [0.15, 0.2) is 0 Å². The second-order valence-electron chi connectivity index (χ2n) is 8.95. The van der Waals surface area contributed by atoms with Gasteiger partial charge in [-0.3, -0.25) is 19.2 Å². The number of amides is 4. The molecule has 0 aromatic heterocycles. The average molecular weight is 539 g/mol. The van der Waals surface area contributed by atoms with Crippen molar-refractivity contribution in [2.24, 2.45) is 17.2 Å². The third-order valence-corrected chi connectivity index (χ3v) is 5.67. The predicted molar refractivity (Wildman–Crippen MR) is 136 cm³/mol. The van der Waals surface area contributed by atoms with Gasteiger partial charge in [0.2, 0.25) is 23.6 Å². The highest BCUT2D eigenvalue weighted by Crippen LogP contribution is 2.11. The van der Waals surface area contributed by atoms with Crippen LogP contribution in [0.1, 0.15) is 44.6 Å². The van der Waals surface area contributed by atoms with Gasteiger partial charge in [0, 0.05) is 6.42 Å². The lowest BCUT2D eigenvalue weighted by Crippen LogP contribution is -2.60. The minimum absolute atomic E-state index is 0.0388. The number of benzene rings is 1. The van der Waals surface area contributed by atoms with Crippen molar-refractivity contribution in [3.8, 4) is 5.75 Å². The molecule has 4 amide bonds. The first kappa shape index (κ1) is 32.3. The van der Waals surface area contributed by atoms with Gasteiger partial charge in [0.25, 0.3) is 0 Å². The summed E-state index contributed by atoms with van der Waals surface area (Å²) in [5.74, 6) is -4.58. The fourth-order valence-electron chi connectivity index (χ4n) is 3.48. The summed E-state index contributed by atoms with van der Waals surface area (Å²) in [6.45, 7) is 1.57. The lowest BCUT2D eigenvalue weighted by atomic mass is 10.0. The third-order valence-electron chi connectivity index (χ3n) is 5.67. The molecule has 0 aliphatic carbocycles. The Labute approximate surface area is 220 Å². The number of carbonyl (C=O) groups is 5. The predicted octanol–water partition coefficient (Wildman–Crippen LogP) is -2.42. The van der Waals surface area contributed by atoms with Crippen molar-refractivity contribution < 1.29 is 39.3 Å². The highest BCUT2D eigenvalue weighted by Gasteiger charge is 2.32. The number of primary amides is 1. The van der Waals surface area contributed by atoms with Crippen LogP contribution in [0.3, 0.4) is 0 Å². The standard InChI is InChI=1S/C24H38N6O8/c1-13(31)20(23(36)29-18(24(37)38)4-2-3-11-25)30-22(35)17(9-10-19(27)33)28-21(34)16(26)12-14-5-7-15(32)8-6-14/h5-8,13,16-18,20,31-32H,2-4,9-12,25-26H2,1H3,(H2,27,33)(H,28,34)(H,29,36)(H,30,35)(H,37,38). The zero-order valence-corrected chi connectivity index (χ0v) is 21.3. The van der Waals surface area contributed by atoms with E-state index in [9.17, 15) is 39.3 Å². The van der Waals surface area contributed by atoms with Crippen LogP contribution in [0.15, 0.2) is 24.3 Å². The molecular weight excluding hydrogens is 500 g/mol. The second kappa shape index (κ2) is 16.2. The number of aliphatic hydroxyl groups is 1. The number of aliphatic hydroxyl groups excluding tert-OH is 1. The monoisotopic (exact) mass is 538 g/mol. The van der Waals surface area contributed by atoms with Crippen molar-refractivity contribution in [2.75, 3.05) is 6.54 Å². The van der Waals surface area contributed by atoms with Crippen LogP contribution in [0.25, 0.3) is 0 Å². The van der Waals surface area contributed by atoms with E-state index in [1.54, 1.807) is 12.1 Å². The number of carboxylic acids is 1. The molecule has 0 fully saturated rings. The molecular formula is C24H38N6O8. The van der Waals surface area contributed by atoms with Crippen molar-refractivity contribution in [3.63, 3.8) is 0 Å². The Hall–Kier alpha value is -3.75. The molecule has 0 heterocycles. The van der Waals surface area contributed by atoms with E-state index >= 15 is 0 Å². The van der Waals surface area contributed by atoms with Gasteiger partial charge in [-0.15, -0.1) is 0 Å². The molecule has 0 aliphatic rings. The Bertz CT molecular complexity index is 956. The van der Waals surface area contributed by atoms with Gasteiger partial charge < -0.3 is 48.5 Å². The summed E-state index contributed by atoms with van der Waals surface area (Å²) < 4.78 is 0. The largest absolute Gasteiger partial charge is 0.508 e. The van der Waals surface area contributed by atoms with E-state index in [0.29, 0.717) is 24.9 Å². The van der Waals surface area contributed by atoms with Gasteiger partial charge >= 0.3 is 5.97 Å². The van der Waals surface area contributed by atoms with Crippen molar-refractivity contribution in [1.29, 1.82) is 0 Å². The number of phenols is 1. The molecule has 1 aromatic carbocycles. The van der Waals surface area contributed by atoms with Gasteiger partial charge in [-0.05, 0) is 63.3 Å². The van der Waals surface area contributed by atoms with E-state index in [-0.39, 0.29) is 31.4 Å². The molecule has 38 heavy (non-hydrogen) atoms. The average Bonchev–Trinajstić information content (AvgIpc) is 2.84. The first-order valence-electron chi connectivity index (χ1n) is 12.2. The van der Waals surface area contributed by atoms with E-state index in [0.717, 1.165) is 0 Å². The first-order chi connectivity index (χ1) is 17.8. The molecule has 0 bridgehead atoms. The topological polar surface area (TPSA) is 260 Å². The number of carboxylic acid groups (broad SMARTS) is 1. The van der Waals surface area contributed by atoms with Gasteiger partial charge in [-0.1, -0.05) is 12.1 Å². The molecule has 0 spiro atoms. The number of nitrogens with two attached hydrogens (primary N) is 3. The van der Waals surface area contributed by atoms with Crippen LogP contribution in [0.2, 0.25) is 0 Å². The molecule has 14 nitrogen and oxygen atoms in total. The van der Waals surface area contributed by atoms with Crippen LogP contribution in [0.5, 0.6) is 5.75 Å². The van der Waals surface area contributed by atoms with Crippen LogP contribution in [0, 0.1) is 0 Å². The summed E-state index contributed by atoms with van der Waals surface area (Å²) in [5.41, 5.74) is 17.2. The highest BCUT2D eigenvalue weighted by atomic mass is 16.4. The summed E-state index contributed by atoms with van der Waals surface area (Å²) in [5, 5.41) is 35.9. The Balaban J connectivity index is 2.94. The van der Waals surface area contributed by atoms with E-state index < -0.39 is 59.9 Å². The van der Waals surface area contributed by atoms with Crippen LogP contribution in [-0.2, 0) is 30.4 Å². The van der Waals surface area contributed by atoms with E-state index in [1.807, 2.05) is 0 Å². The molecule has 0 saturated carbocycles. The molecule has 5 unspecified atom stereocenters. The lowest BCUT2D eigenvalue weighted by Gasteiger charge is -2.26. The second-order valence-corrected chi connectivity index (χ2v) is 8.95. The summed E-state index contributed by atoms with van der Waals surface area (Å²) >= 11 is 0. The van der Waals surface area contributed by atoms with Crippen molar-refractivity contribution in [1.82, 2.24) is 16.0 Å². The Morgan fingerprint density at radius 1 is 0.895 bits per heavy atom. The number of phenolic OH excluding ortho intramolecular Hbond substituents is 1. The normalized spacial score (nSPS) is 14.8. The van der Waals surface area contributed by atoms with Crippen molar-refractivity contribution >= 4 is 29.6 Å². The molecule has 5 atom stereocenters. The number of nitrogens with one attached hydrogen (secondary N) is 3. The maximum atomic E-state index is 13.0. The van der Waals surface area contributed by atoms with E-state index in [1.165, 1.54) is 19.1 Å². The molecule has 14 heteroatoms. The van der Waals surface area contributed by atoms with Crippen LogP contribution >= 0.6 is 0 Å². The Morgan fingerprint density at radius 3 is 2.03 bits per heavy atom. The minimum Gasteiger partial charge on any atom is -0.508 e. The highest BCUT2D eigenvalue weighted by molar-refractivity contribution is 5.94.